The zero-order valence-corrected chi connectivity index (χ0v) is 24.7. The van der Waals surface area contributed by atoms with Crippen LogP contribution in [0.1, 0.15) is 60.6 Å². The molecule has 1 amide bonds. The van der Waals surface area contributed by atoms with Crippen LogP contribution in [-0.2, 0) is 11.2 Å². The van der Waals surface area contributed by atoms with E-state index in [1.54, 1.807) is 18.2 Å². The fourth-order valence-corrected chi connectivity index (χ4v) is 4.26. The highest BCUT2D eigenvalue weighted by Crippen LogP contribution is 2.30. The fraction of sp³-hybridized carbons (Fsp3) is 0.242. The third-order valence-electron chi connectivity index (χ3n) is 5.97. The van der Waals surface area contributed by atoms with Crippen LogP contribution < -0.4 is 5.32 Å². The summed E-state index contributed by atoms with van der Waals surface area (Å²) >= 11 is 3.19. The Morgan fingerprint density at radius 2 is 1.66 bits per heavy atom. The van der Waals surface area contributed by atoms with Gasteiger partial charge in [-0.25, -0.2) is 4.39 Å². The van der Waals surface area contributed by atoms with E-state index in [9.17, 15) is 14.3 Å². The topological polar surface area (TPSA) is 49.3 Å². The molecule has 0 bridgehead atoms. The first-order chi connectivity index (χ1) is 17.9. The second-order valence-electron chi connectivity index (χ2n) is 9.47. The molecule has 0 atom stereocenters. The summed E-state index contributed by atoms with van der Waals surface area (Å²) < 4.78 is 13.6. The van der Waals surface area contributed by atoms with E-state index in [0.29, 0.717) is 11.3 Å². The van der Waals surface area contributed by atoms with E-state index in [-0.39, 0.29) is 17.5 Å². The van der Waals surface area contributed by atoms with Crippen LogP contribution in [-0.4, -0.2) is 11.0 Å². The number of carbonyl (C=O) groups excluding carboxylic acids is 1. The van der Waals surface area contributed by atoms with Gasteiger partial charge in [0.05, 0.1) is 5.69 Å². The van der Waals surface area contributed by atoms with Crippen molar-refractivity contribution in [1.82, 2.24) is 0 Å². The van der Waals surface area contributed by atoms with E-state index < -0.39 is 0 Å². The molecule has 4 rings (SSSR count). The fourth-order valence-electron chi connectivity index (χ4n) is 3.93. The number of aryl methyl sites for hydroxylation is 4. The molecule has 5 heteroatoms. The molecule has 1 aliphatic rings. The second kappa shape index (κ2) is 14.5. The van der Waals surface area contributed by atoms with Gasteiger partial charge in [-0.3, -0.25) is 4.79 Å². The number of halogens is 2. The van der Waals surface area contributed by atoms with Gasteiger partial charge in [0.25, 0.3) is 0 Å². The average molecular weight is 579 g/mol. The van der Waals surface area contributed by atoms with Crippen LogP contribution in [0.25, 0.3) is 11.3 Å². The Balaban J connectivity index is 0.000000204. The van der Waals surface area contributed by atoms with Gasteiger partial charge in [0.15, 0.2) is 0 Å². The van der Waals surface area contributed by atoms with E-state index in [1.807, 2.05) is 26.0 Å². The first kappa shape index (κ1) is 30.8. The van der Waals surface area contributed by atoms with Crippen LogP contribution in [0.5, 0.6) is 0 Å². The van der Waals surface area contributed by atoms with Crippen LogP contribution >= 0.6 is 15.9 Å². The molecule has 38 heavy (non-hydrogen) atoms. The van der Waals surface area contributed by atoms with Gasteiger partial charge in [-0.1, -0.05) is 88.6 Å². The van der Waals surface area contributed by atoms with Crippen LogP contribution in [0.4, 0.5) is 10.1 Å². The van der Waals surface area contributed by atoms with Crippen LogP contribution in [0.3, 0.4) is 0 Å². The predicted molar refractivity (Wildman–Crippen MR) is 163 cm³/mol. The zero-order valence-electron chi connectivity index (χ0n) is 23.1. The Bertz CT molecular complexity index is 1370. The van der Waals surface area contributed by atoms with Crippen molar-refractivity contribution in [1.29, 1.82) is 0 Å². The van der Waals surface area contributed by atoms with E-state index >= 15 is 0 Å². The number of carbonyl (C=O) groups is 1. The molecule has 3 aromatic carbocycles. The van der Waals surface area contributed by atoms with Gasteiger partial charge < -0.3 is 10.4 Å². The van der Waals surface area contributed by atoms with Crippen LogP contribution in [0.2, 0.25) is 0 Å². The highest BCUT2D eigenvalue weighted by Gasteiger charge is 2.09. The van der Waals surface area contributed by atoms with Crippen molar-refractivity contribution >= 4 is 38.9 Å². The molecule has 0 fully saturated rings. The van der Waals surface area contributed by atoms with Crippen LogP contribution in [0.15, 0.2) is 83.4 Å². The summed E-state index contributed by atoms with van der Waals surface area (Å²) in [6, 6.07) is 17.2. The number of anilines is 1. The summed E-state index contributed by atoms with van der Waals surface area (Å²) in [5.74, 6) is -0.342. The van der Waals surface area contributed by atoms with E-state index in [1.165, 1.54) is 40.8 Å². The highest BCUT2D eigenvalue weighted by atomic mass is 79.9. The normalized spacial score (nSPS) is 11.8. The first-order valence-corrected chi connectivity index (χ1v) is 13.3. The summed E-state index contributed by atoms with van der Waals surface area (Å²) in [5.41, 5.74) is 9.96. The molecule has 0 saturated carbocycles. The van der Waals surface area contributed by atoms with Crippen LogP contribution in [0, 0.1) is 26.6 Å². The number of allylic oxidation sites excluding steroid dienone is 4. The van der Waals surface area contributed by atoms with Gasteiger partial charge in [-0.2, -0.15) is 0 Å². The van der Waals surface area contributed by atoms with E-state index in [2.05, 4.69) is 78.9 Å². The maximum Gasteiger partial charge on any atom is 0.221 e. The minimum atomic E-state index is -0.170. The third kappa shape index (κ3) is 9.46. The number of amides is 1. The first-order valence-electron chi connectivity index (χ1n) is 12.6. The number of rotatable bonds is 4. The van der Waals surface area contributed by atoms with Crippen molar-refractivity contribution < 1.29 is 14.3 Å². The minimum absolute atomic E-state index is 0.0440. The molecule has 0 unspecified atom stereocenters. The average Bonchev–Trinajstić information content (AvgIpc) is 3.28. The molecule has 2 N–H and O–H groups in total. The monoisotopic (exact) mass is 577 g/mol. The molecular formula is C33H37BrFNO2. The van der Waals surface area contributed by atoms with Gasteiger partial charge >= 0.3 is 0 Å². The smallest absolute Gasteiger partial charge is 0.221 e. The lowest BCUT2D eigenvalue weighted by Gasteiger charge is -2.09. The van der Waals surface area contributed by atoms with Crippen molar-refractivity contribution in [3.8, 4) is 0 Å². The van der Waals surface area contributed by atoms with Gasteiger partial charge in [-0.05, 0) is 87.1 Å². The summed E-state index contributed by atoms with van der Waals surface area (Å²) in [5, 5.41) is 11.9. The number of hydrogen-bond donors (Lipinski definition) is 2. The van der Waals surface area contributed by atoms with Crippen molar-refractivity contribution in [2.45, 2.75) is 54.4 Å². The molecule has 3 aromatic rings. The lowest BCUT2D eigenvalue weighted by molar-refractivity contribution is -0.114. The summed E-state index contributed by atoms with van der Waals surface area (Å²) in [6.45, 7) is 15.2. The highest BCUT2D eigenvalue weighted by molar-refractivity contribution is 9.10. The molecule has 200 valence electrons. The van der Waals surface area contributed by atoms with Crippen molar-refractivity contribution in [2.24, 2.45) is 0 Å². The number of benzene rings is 3. The number of hydrogen-bond acceptors (Lipinski definition) is 2. The SMILES string of the molecule is C=C(O)c1cc(C)ccc1NC(C)=O.CC1=CC=C(c2cc(C)ccc2C)C1.CCc1ccc(Br)cc1F. The Kier molecular flexibility index (Phi) is 11.7. The van der Waals surface area contributed by atoms with E-state index in [0.717, 1.165) is 28.4 Å². The summed E-state index contributed by atoms with van der Waals surface area (Å²) in [4.78, 5) is 10.9. The maximum atomic E-state index is 12.8. The maximum absolute atomic E-state index is 12.8. The molecule has 0 spiro atoms. The van der Waals surface area contributed by atoms with Gasteiger partial charge in [0, 0.05) is 17.0 Å². The Morgan fingerprint density at radius 3 is 2.21 bits per heavy atom. The second-order valence-corrected chi connectivity index (χ2v) is 10.4. The molecule has 0 heterocycles. The van der Waals surface area contributed by atoms with Gasteiger partial charge in [-0.15, -0.1) is 0 Å². The van der Waals surface area contributed by atoms with Crippen molar-refractivity contribution in [3.05, 3.63) is 123 Å². The lowest BCUT2D eigenvalue weighted by atomic mass is 9.97. The summed E-state index contributed by atoms with van der Waals surface area (Å²) in [7, 11) is 0. The number of aliphatic hydroxyl groups excluding tert-OH is 1. The molecule has 0 radical (unpaired) electrons. The lowest BCUT2D eigenvalue weighted by Crippen LogP contribution is -2.07. The molecule has 3 nitrogen and oxygen atoms in total. The van der Waals surface area contributed by atoms with Crippen molar-refractivity contribution in [2.75, 3.05) is 5.32 Å². The van der Waals surface area contributed by atoms with Gasteiger partial charge in [0.1, 0.15) is 11.6 Å². The molecule has 0 aliphatic heterocycles. The minimum Gasteiger partial charge on any atom is -0.508 e. The predicted octanol–water partition coefficient (Wildman–Crippen LogP) is 9.67. The van der Waals surface area contributed by atoms with Gasteiger partial charge in [0.2, 0.25) is 5.91 Å². The molecule has 0 saturated heterocycles. The molecular weight excluding hydrogens is 541 g/mol. The quantitative estimate of drug-likeness (QED) is 0.303. The Labute approximate surface area is 234 Å². The number of nitrogens with one attached hydrogen (secondary N) is 1. The Morgan fingerprint density at radius 1 is 1.00 bits per heavy atom. The third-order valence-corrected chi connectivity index (χ3v) is 6.46. The molecule has 1 aliphatic carbocycles. The largest absolute Gasteiger partial charge is 0.508 e. The standard InChI is InChI=1S/C14H16.C11H13NO2.C8H8BrF/c1-10-5-7-13(8-10)14-9-11(2)4-6-12(14)3;1-7-4-5-11(12-9(3)14)10(6-7)8(2)13;1-2-6-3-4-7(9)5-8(6)10/h4-7,9H,8H2,1-3H3;4-6,13H,2H2,1,3H3,(H,12,14);3-5H,2H2,1H3. The Hall–Kier alpha value is -3.44. The number of aliphatic hydroxyl groups is 1. The molecule has 0 aromatic heterocycles. The summed E-state index contributed by atoms with van der Waals surface area (Å²) in [6.07, 6.45) is 6.33. The zero-order chi connectivity index (χ0) is 28.4. The van der Waals surface area contributed by atoms with Crippen molar-refractivity contribution in [3.63, 3.8) is 0 Å². The van der Waals surface area contributed by atoms with E-state index in [4.69, 9.17) is 0 Å².